The van der Waals surface area contributed by atoms with Gasteiger partial charge in [0.2, 0.25) is 5.88 Å². The Labute approximate surface area is 133 Å². The van der Waals surface area contributed by atoms with E-state index < -0.39 is 7.12 Å². The summed E-state index contributed by atoms with van der Waals surface area (Å²) >= 11 is 0. The summed E-state index contributed by atoms with van der Waals surface area (Å²) in [4.78, 5) is 6.81. The molecule has 0 spiro atoms. The number of rotatable bonds is 3. The van der Waals surface area contributed by atoms with Crippen molar-refractivity contribution >= 4 is 18.3 Å². The van der Waals surface area contributed by atoms with E-state index in [1.54, 1.807) is 7.11 Å². The molecular weight excluding hydrogens is 279 g/mol. The van der Waals surface area contributed by atoms with E-state index in [1.165, 1.54) is 12.8 Å². The van der Waals surface area contributed by atoms with Crippen molar-refractivity contribution < 1.29 is 14.0 Å². The van der Waals surface area contributed by atoms with E-state index in [9.17, 15) is 0 Å². The lowest BCUT2D eigenvalue weighted by Gasteiger charge is -2.32. The van der Waals surface area contributed by atoms with Crippen LogP contribution in [-0.4, -0.2) is 43.5 Å². The quantitative estimate of drug-likeness (QED) is 0.799. The van der Waals surface area contributed by atoms with Crippen LogP contribution in [0.15, 0.2) is 12.3 Å². The summed E-state index contributed by atoms with van der Waals surface area (Å²) in [6.45, 7) is 10.4. The molecule has 1 aromatic rings. The number of pyridine rings is 1. The summed E-state index contributed by atoms with van der Waals surface area (Å²) in [5.41, 5.74) is 1.24. The van der Waals surface area contributed by atoms with Gasteiger partial charge in [0.15, 0.2) is 0 Å². The van der Waals surface area contributed by atoms with Crippen LogP contribution in [0.3, 0.4) is 0 Å². The molecule has 2 fully saturated rings. The molecule has 120 valence electrons. The van der Waals surface area contributed by atoms with Gasteiger partial charge < -0.3 is 18.9 Å². The van der Waals surface area contributed by atoms with Gasteiger partial charge in [0, 0.05) is 18.6 Å². The lowest BCUT2D eigenvalue weighted by atomic mass is 9.79. The molecule has 2 aliphatic heterocycles. The van der Waals surface area contributed by atoms with Crippen LogP contribution >= 0.6 is 0 Å². The summed E-state index contributed by atoms with van der Waals surface area (Å²) in [6.07, 6.45) is 4.34. The maximum Gasteiger partial charge on any atom is 0.500 e. The molecule has 0 amide bonds. The van der Waals surface area contributed by atoms with Gasteiger partial charge in [0.25, 0.3) is 0 Å². The standard InChI is InChI=1S/C16H25BN2O3/c1-15(2)16(3,4)22-17(21-15)13-10-12(11-18-14(13)20-5)19-8-6-7-9-19/h10-11H,6-9H2,1-5H3. The van der Waals surface area contributed by atoms with Crippen LogP contribution in [0.25, 0.3) is 0 Å². The van der Waals surface area contributed by atoms with Crippen LogP contribution in [-0.2, 0) is 9.31 Å². The van der Waals surface area contributed by atoms with Gasteiger partial charge in [-0.25, -0.2) is 4.98 Å². The van der Waals surface area contributed by atoms with E-state index in [0.717, 1.165) is 24.2 Å². The van der Waals surface area contributed by atoms with Crippen molar-refractivity contribution in [1.29, 1.82) is 0 Å². The number of hydrogen-bond donors (Lipinski definition) is 0. The van der Waals surface area contributed by atoms with E-state index in [0.29, 0.717) is 5.88 Å². The second-order valence-electron chi connectivity index (χ2n) is 7.07. The Morgan fingerprint density at radius 1 is 1.14 bits per heavy atom. The molecule has 0 aliphatic carbocycles. The largest absolute Gasteiger partial charge is 0.500 e. The predicted octanol–water partition coefficient (Wildman–Crippen LogP) is 1.99. The maximum atomic E-state index is 6.15. The van der Waals surface area contributed by atoms with Crippen molar-refractivity contribution in [2.24, 2.45) is 0 Å². The predicted molar refractivity (Wildman–Crippen MR) is 88.0 cm³/mol. The fraction of sp³-hybridized carbons (Fsp3) is 0.688. The first kappa shape index (κ1) is 15.6. The Balaban J connectivity index is 1.93. The highest BCUT2D eigenvalue weighted by molar-refractivity contribution is 6.63. The Bertz CT molecular complexity index is 540. The molecule has 1 aromatic heterocycles. The van der Waals surface area contributed by atoms with Crippen LogP contribution in [0.1, 0.15) is 40.5 Å². The molecule has 6 heteroatoms. The molecule has 2 aliphatic rings. The van der Waals surface area contributed by atoms with Gasteiger partial charge >= 0.3 is 7.12 Å². The van der Waals surface area contributed by atoms with E-state index in [4.69, 9.17) is 14.0 Å². The average molecular weight is 304 g/mol. The summed E-state index contributed by atoms with van der Waals surface area (Å²) in [6, 6.07) is 2.10. The molecule has 0 N–H and O–H groups in total. The summed E-state index contributed by atoms with van der Waals surface area (Å²) in [5, 5.41) is 0. The number of anilines is 1. The number of ether oxygens (including phenoxy) is 1. The van der Waals surface area contributed by atoms with E-state index in [2.05, 4.69) is 43.6 Å². The molecule has 3 rings (SSSR count). The normalized spacial score (nSPS) is 23.1. The third-order valence-electron chi connectivity index (χ3n) is 5.04. The minimum Gasteiger partial charge on any atom is -0.481 e. The lowest BCUT2D eigenvalue weighted by molar-refractivity contribution is 0.00578. The van der Waals surface area contributed by atoms with Gasteiger partial charge in [-0.05, 0) is 46.6 Å². The zero-order valence-corrected chi connectivity index (χ0v) is 14.2. The number of methoxy groups -OCH3 is 1. The Hall–Kier alpha value is -1.27. The smallest absolute Gasteiger partial charge is 0.481 e. The molecule has 2 saturated heterocycles. The molecular formula is C16H25BN2O3. The van der Waals surface area contributed by atoms with Crippen molar-refractivity contribution in [2.75, 3.05) is 25.1 Å². The first-order chi connectivity index (χ1) is 10.3. The van der Waals surface area contributed by atoms with Gasteiger partial charge in [-0.2, -0.15) is 0 Å². The molecule has 0 saturated carbocycles. The second-order valence-corrected chi connectivity index (χ2v) is 7.07. The zero-order chi connectivity index (χ0) is 16.0. The van der Waals surface area contributed by atoms with E-state index >= 15 is 0 Å². The number of aromatic nitrogens is 1. The SMILES string of the molecule is COc1ncc(N2CCCC2)cc1B1OC(C)(C)C(C)(C)O1. The van der Waals surface area contributed by atoms with Crippen molar-refractivity contribution in [3.63, 3.8) is 0 Å². The Morgan fingerprint density at radius 3 is 2.27 bits per heavy atom. The molecule has 0 radical (unpaired) electrons. The van der Waals surface area contributed by atoms with Crippen molar-refractivity contribution in [1.82, 2.24) is 4.98 Å². The first-order valence-corrected chi connectivity index (χ1v) is 7.98. The fourth-order valence-electron chi connectivity index (χ4n) is 2.92. The molecule has 5 nitrogen and oxygen atoms in total. The Morgan fingerprint density at radius 2 is 1.73 bits per heavy atom. The van der Waals surface area contributed by atoms with Gasteiger partial charge in [0.05, 0.1) is 30.2 Å². The third kappa shape index (κ3) is 2.59. The zero-order valence-electron chi connectivity index (χ0n) is 14.2. The van der Waals surface area contributed by atoms with E-state index in [1.807, 2.05) is 6.20 Å². The Kier molecular flexibility index (Phi) is 3.85. The number of nitrogens with zero attached hydrogens (tertiary/aromatic N) is 2. The van der Waals surface area contributed by atoms with Crippen LogP contribution in [0.4, 0.5) is 5.69 Å². The molecule has 0 unspecified atom stereocenters. The van der Waals surface area contributed by atoms with E-state index in [-0.39, 0.29) is 11.2 Å². The van der Waals surface area contributed by atoms with Gasteiger partial charge in [0.1, 0.15) is 0 Å². The minimum absolute atomic E-state index is 0.369. The molecule has 22 heavy (non-hydrogen) atoms. The van der Waals surface area contributed by atoms with Crippen LogP contribution in [0.2, 0.25) is 0 Å². The summed E-state index contributed by atoms with van der Waals surface area (Å²) < 4.78 is 17.7. The minimum atomic E-state index is -0.449. The van der Waals surface area contributed by atoms with Gasteiger partial charge in [-0.15, -0.1) is 0 Å². The monoisotopic (exact) mass is 304 g/mol. The molecule has 0 atom stereocenters. The number of hydrogen-bond acceptors (Lipinski definition) is 5. The van der Waals surface area contributed by atoms with Gasteiger partial charge in [-0.3, -0.25) is 0 Å². The van der Waals surface area contributed by atoms with Crippen molar-refractivity contribution in [2.45, 2.75) is 51.7 Å². The summed E-state index contributed by atoms with van der Waals surface area (Å²) in [7, 11) is 1.18. The topological polar surface area (TPSA) is 43.8 Å². The lowest BCUT2D eigenvalue weighted by Crippen LogP contribution is -2.41. The highest BCUT2D eigenvalue weighted by Gasteiger charge is 2.52. The maximum absolute atomic E-state index is 6.15. The third-order valence-corrected chi connectivity index (χ3v) is 5.04. The fourth-order valence-corrected chi connectivity index (χ4v) is 2.92. The van der Waals surface area contributed by atoms with Crippen LogP contribution in [0, 0.1) is 0 Å². The van der Waals surface area contributed by atoms with Gasteiger partial charge in [-0.1, -0.05) is 0 Å². The van der Waals surface area contributed by atoms with Crippen LogP contribution in [0.5, 0.6) is 5.88 Å². The molecule has 0 aromatic carbocycles. The van der Waals surface area contributed by atoms with Crippen molar-refractivity contribution in [3.8, 4) is 5.88 Å². The van der Waals surface area contributed by atoms with Crippen molar-refractivity contribution in [3.05, 3.63) is 12.3 Å². The first-order valence-electron chi connectivity index (χ1n) is 7.98. The van der Waals surface area contributed by atoms with Crippen LogP contribution < -0.4 is 15.1 Å². The summed E-state index contributed by atoms with van der Waals surface area (Å²) in [5.74, 6) is 0.571. The highest BCUT2D eigenvalue weighted by Crippen LogP contribution is 2.37. The molecule has 3 heterocycles. The average Bonchev–Trinajstić information content (AvgIpc) is 3.05. The highest BCUT2D eigenvalue weighted by atomic mass is 16.7. The molecule has 0 bridgehead atoms. The second kappa shape index (κ2) is 5.42.